The Kier molecular flexibility index (Phi) is 6.77. The van der Waals surface area contributed by atoms with Crippen LogP contribution in [-0.2, 0) is 6.42 Å². The highest BCUT2D eigenvalue weighted by Crippen LogP contribution is 2.28. The van der Waals surface area contributed by atoms with Crippen molar-refractivity contribution in [2.24, 2.45) is 5.92 Å². The molecule has 4 nitrogen and oxygen atoms in total. The number of hydrogen-bond donors (Lipinski definition) is 2. The van der Waals surface area contributed by atoms with Gasteiger partial charge in [0.15, 0.2) is 0 Å². The molecule has 0 aliphatic heterocycles. The first-order valence-corrected chi connectivity index (χ1v) is 8.66. The molecule has 2 N–H and O–H groups in total. The average Bonchev–Trinajstić information content (AvgIpc) is 3.01. The van der Waals surface area contributed by atoms with Crippen LogP contribution in [0.3, 0.4) is 0 Å². The molecule has 0 bridgehead atoms. The molecule has 0 atom stereocenters. The lowest BCUT2D eigenvalue weighted by molar-refractivity contribution is 0.518. The first kappa shape index (κ1) is 16.1. The van der Waals surface area contributed by atoms with E-state index in [1.54, 1.807) is 6.33 Å². The van der Waals surface area contributed by atoms with Crippen LogP contribution >= 0.6 is 0 Å². The van der Waals surface area contributed by atoms with Crippen LogP contribution in [0, 0.1) is 5.92 Å². The van der Waals surface area contributed by atoms with Gasteiger partial charge in [0.25, 0.3) is 0 Å². The van der Waals surface area contributed by atoms with E-state index in [4.69, 9.17) is 0 Å². The third-order valence-electron chi connectivity index (χ3n) is 4.31. The maximum Gasteiger partial charge on any atom is 0.134 e. The second kappa shape index (κ2) is 8.85. The lowest BCUT2D eigenvalue weighted by Gasteiger charge is -2.16. The van der Waals surface area contributed by atoms with E-state index >= 15 is 0 Å². The molecule has 1 aromatic heterocycles. The van der Waals surface area contributed by atoms with E-state index in [-0.39, 0.29) is 0 Å². The average molecular weight is 290 g/mol. The van der Waals surface area contributed by atoms with Gasteiger partial charge in [-0.2, -0.15) is 0 Å². The fourth-order valence-corrected chi connectivity index (χ4v) is 3.14. The van der Waals surface area contributed by atoms with Crippen LogP contribution in [0.5, 0.6) is 0 Å². The Bertz CT molecular complexity index is 413. The summed E-state index contributed by atoms with van der Waals surface area (Å²) in [4.78, 5) is 8.89. The summed E-state index contributed by atoms with van der Waals surface area (Å²) in [5, 5.41) is 6.98. The number of rotatable bonds is 9. The standard InChI is InChI=1S/C17H30N4/c1-3-7-15-16(18-11-4-2)20-13-21-17(15)19-12-10-14-8-5-6-9-14/h13-14H,3-12H2,1-2H3,(H2,18,19,20,21). The highest BCUT2D eigenvalue weighted by atomic mass is 15.1. The van der Waals surface area contributed by atoms with E-state index in [0.29, 0.717) is 0 Å². The van der Waals surface area contributed by atoms with Gasteiger partial charge in [0.1, 0.15) is 18.0 Å². The zero-order chi connectivity index (χ0) is 14.9. The number of nitrogens with one attached hydrogen (secondary N) is 2. The van der Waals surface area contributed by atoms with Gasteiger partial charge in [-0.1, -0.05) is 46.0 Å². The Hall–Kier alpha value is -1.32. The van der Waals surface area contributed by atoms with Crippen molar-refractivity contribution in [1.29, 1.82) is 0 Å². The fraction of sp³-hybridized carbons (Fsp3) is 0.765. The first-order chi connectivity index (χ1) is 10.3. The molecule has 0 saturated heterocycles. The minimum absolute atomic E-state index is 0.923. The summed E-state index contributed by atoms with van der Waals surface area (Å²) in [6.07, 6.45) is 11.9. The minimum Gasteiger partial charge on any atom is -0.370 e. The summed E-state index contributed by atoms with van der Waals surface area (Å²) >= 11 is 0. The van der Waals surface area contributed by atoms with E-state index in [1.807, 2.05) is 0 Å². The van der Waals surface area contributed by atoms with Crippen molar-refractivity contribution in [2.75, 3.05) is 23.7 Å². The number of hydrogen-bond acceptors (Lipinski definition) is 4. The van der Waals surface area contributed by atoms with Crippen LogP contribution in [-0.4, -0.2) is 23.1 Å². The van der Waals surface area contributed by atoms with Gasteiger partial charge >= 0.3 is 0 Å². The molecule has 0 radical (unpaired) electrons. The van der Waals surface area contributed by atoms with Crippen LogP contribution in [0.4, 0.5) is 11.6 Å². The normalized spacial score (nSPS) is 15.3. The van der Waals surface area contributed by atoms with E-state index in [0.717, 1.165) is 49.9 Å². The van der Waals surface area contributed by atoms with Gasteiger partial charge in [0, 0.05) is 18.7 Å². The Labute approximate surface area is 129 Å². The van der Waals surface area contributed by atoms with Crippen molar-refractivity contribution < 1.29 is 0 Å². The lowest BCUT2D eigenvalue weighted by Crippen LogP contribution is -2.13. The van der Waals surface area contributed by atoms with Gasteiger partial charge in [-0.05, 0) is 25.2 Å². The molecule has 1 aliphatic rings. The second-order valence-electron chi connectivity index (χ2n) is 6.09. The summed E-state index contributed by atoms with van der Waals surface area (Å²) < 4.78 is 0. The third-order valence-corrected chi connectivity index (χ3v) is 4.31. The van der Waals surface area contributed by atoms with Crippen molar-refractivity contribution in [3.8, 4) is 0 Å². The van der Waals surface area contributed by atoms with E-state index in [2.05, 4.69) is 34.4 Å². The molecule has 118 valence electrons. The topological polar surface area (TPSA) is 49.8 Å². The summed E-state index contributed by atoms with van der Waals surface area (Å²) in [5.41, 5.74) is 1.25. The summed E-state index contributed by atoms with van der Waals surface area (Å²) in [6.45, 7) is 6.38. The van der Waals surface area contributed by atoms with Crippen molar-refractivity contribution in [1.82, 2.24) is 9.97 Å². The summed E-state index contributed by atoms with van der Waals surface area (Å²) in [7, 11) is 0. The van der Waals surface area contributed by atoms with Crippen molar-refractivity contribution in [2.45, 2.75) is 65.2 Å². The predicted octanol–water partition coefficient (Wildman–Crippen LogP) is 4.24. The Morgan fingerprint density at radius 2 is 1.67 bits per heavy atom. The van der Waals surface area contributed by atoms with Gasteiger partial charge < -0.3 is 10.6 Å². The van der Waals surface area contributed by atoms with Gasteiger partial charge in [0.05, 0.1) is 0 Å². The number of nitrogens with zero attached hydrogens (tertiary/aromatic N) is 2. The second-order valence-corrected chi connectivity index (χ2v) is 6.09. The van der Waals surface area contributed by atoms with E-state index in [9.17, 15) is 0 Å². The quantitative estimate of drug-likeness (QED) is 0.714. The molecule has 1 aromatic rings. The Morgan fingerprint density at radius 1 is 1.00 bits per heavy atom. The van der Waals surface area contributed by atoms with Gasteiger partial charge in [-0.3, -0.25) is 0 Å². The zero-order valence-corrected chi connectivity index (χ0v) is 13.6. The SMILES string of the molecule is CCCNc1ncnc(NCCC2CCCC2)c1CCC. The molecule has 1 saturated carbocycles. The van der Waals surface area contributed by atoms with Gasteiger partial charge in [-0.25, -0.2) is 9.97 Å². The molecule has 4 heteroatoms. The van der Waals surface area contributed by atoms with Crippen molar-refractivity contribution in [3.63, 3.8) is 0 Å². The predicted molar refractivity (Wildman–Crippen MR) is 89.9 cm³/mol. The third kappa shape index (κ3) is 4.87. The molecule has 1 fully saturated rings. The molecule has 21 heavy (non-hydrogen) atoms. The summed E-state index contributed by atoms with van der Waals surface area (Å²) in [6, 6.07) is 0. The highest BCUT2D eigenvalue weighted by molar-refractivity contribution is 5.57. The van der Waals surface area contributed by atoms with Crippen LogP contribution in [0.1, 0.15) is 64.4 Å². The fourth-order valence-electron chi connectivity index (χ4n) is 3.14. The molecule has 0 spiro atoms. The Balaban J connectivity index is 1.95. The molecule has 0 amide bonds. The van der Waals surface area contributed by atoms with Crippen LogP contribution in [0.2, 0.25) is 0 Å². The Morgan fingerprint density at radius 3 is 2.29 bits per heavy atom. The lowest BCUT2D eigenvalue weighted by atomic mass is 10.0. The molecular formula is C17H30N4. The molecule has 1 aliphatic carbocycles. The van der Waals surface area contributed by atoms with Crippen LogP contribution in [0.25, 0.3) is 0 Å². The van der Waals surface area contributed by atoms with Gasteiger partial charge in [0.2, 0.25) is 0 Å². The maximum atomic E-state index is 4.47. The number of aromatic nitrogens is 2. The smallest absolute Gasteiger partial charge is 0.134 e. The molecule has 0 unspecified atom stereocenters. The molecular weight excluding hydrogens is 260 g/mol. The molecule has 0 aromatic carbocycles. The molecule has 2 rings (SSSR count). The highest BCUT2D eigenvalue weighted by Gasteiger charge is 2.15. The van der Waals surface area contributed by atoms with Crippen LogP contribution in [0.15, 0.2) is 6.33 Å². The minimum atomic E-state index is 0.923. The van der Waals surface area contributed by atoms with Crippen molar-refractivity contribution in [3.05, 3.63) is 11.9 Å². The first-order valence-electron chi connectivity index (χ1n) is 8.66. The van der Waals surface area contributed by atoms with Gasteiger partial charge in [-0.15, -0.1) is 0 Å². The molecule has 1 heterocycles. The number of anilines is 2. The largest absolute Gasteiger partial charge is 0.370 e. The maximum absolute atomic E-state index is 4.47. The van der Waals surface area contributed by atoms with Crippen LogP contribution < -0.4 is 10.6 Å². The van der Waals surface area contributed by atoms with E-state index in [1.165, 1.54) is 37.7 Å². The van der Waals surface area contributed by atoms with Crippen molar-refractivity contribution >= 4 is 11.6 Å². The zero-order valence-electron chi connectivity index (χ0n) is 13.6. The summed E-state index contributed by atoms with van der Waals surface area (Å²) in [5.74, 6) is 2.96. The monoisotopic (exact) mass is 290 g/mol. The van der Waals surface area contributed by atoms with E-state index < -0.39 is 0 Å².